The second kappa shape index (κ2) is 4.24. The fraction of sp³-hybridized carbons (Fsp3) is 1.00. The van der Waals surface area contributed by atoms with Gasteiger partial charge in [-0.3, -0.25) is 0 Å². The SMILES string of the molecule is CC(C)[C@@H]1CC[C@@H](C)CC(O)O1. The number of hydrogen-bond donors (Lipinski definition) is 1. The molecule has 0 amide bonds. The molecule has 0 aliphatic carbocycles. The fourth-order valence-electron chi connectivity index (χ4n) is 1.73. The Labute approximate surface area is 74.9 Å². The molecule has 1 saturated heterocycles. The molecule has 0 saturated carbocycles. The Hall–Kier alpha value is -0.0800. The summed E-state index contributed by atoms with van der Waals surface area (Å²) in [4.78, 5) is 0. The summed E-state index contributed by atoms with van der Waals surface area (Å²) >= 11 is 0. The molecule has 0 radical (unpaired) electrons. The Morgan fingerprint density at radius 2 is 2.00 bits per heavy atom. The summed E-state index contributed by atoms with van der Waals surface area (Å²) in [6.07, 6.45) is 2.79. The molecule has 1 heterocycles. The minimum atomic E-state index is -0.533. The van der Waals surface area contributed by atoms with E-state index in [0.29, 0.717) is 11.8 Å². The molecule has 1 rings (SSSR count). The molecule has 0 aromatic carbocycles. The van der Waals surface area contributed by atoms with Gasteiger partial charge >= 0.3 is 0 Å². The molecule has 72 valence electrons. The summed E-state index contributed by atoms with van der Waals surface area (Å²) < 4.78 is 5.50. The van der Waals surface area contributed by atoms with E-state index in [0.717, 1.165) is 12.8 Å². The maximum absolute atomic E-state index is 9.46. The van der Waals surface area contributed by atoms with Crippen LogP contribution in [-0.2, 0) is 4.74 Å². The van der Waals surface area contributed by atoms with Crippen LogP contribution < -0.4 is 0 Å². The molecular formula is C10H20O2. The van der Waals surface area contributed by atoms with Crippen LogP contribution in [0.1, 0.15) is 40.0 Å². The van der Waals surface area contributed by atoms with Crippen LogP contribution in [0.4, 0.5) is 0 Å². The minimum absolute atomic E-state index is 0.255. The van der Waals surface area contributed by atoms with Crippen molar-refractivity contribution in [3.8, 4) is 0 Å². The lowest BCUT2D eigenvalue weighted by atomic mass is 9.97. The van der Waals surface area contributed by atoms with Gasteiger partial charge in [0.05, 0.1) is 6.10 Å². The second-order valence-corrected chi connectivity index (χ2v) is 4.29. The van der Waals surface area contributed by atoms with Crippen molar-refractivity contribution in [2.24, 2.45) is 11.8 Å². The normalized spacial score (nSPS) is 38.2. The van der Waals surface area contributed by atoms with Gasteiger partial charge in [-0.15, -0.1) is 0 Å². The molecular weight excluding hydrogens is 152 g/mol. The summed E-state index contributed by atoms with van der Waals surface area (Å²) in [5.74, 6) is 1.12. The van der Waals surface area contributed by atoms with Crippen LogP contribution >= 0.6 is 0 Å². The molecule has 1 unspecified atom stereocenters. The van der Waals surface area contributed by atoms with Crippen molar-refractivity contribution in [2.45, 2.75) is 52.4 Å². The topological polar surface area (TPSA) is 29.5 Å². The molecule has 12 heavy (non-hydrogen) atoms. The van der Waals surface area contributed by atoms with E-state index < -0.39 is 6.29 Å². The zero-order valence-electron chi connectivity index (χ0n) is 8.29. The van der Waals surface area contributed by atoms with Crippen LogP contribution in [0.5, 0.6) is 0 Å². The molecule has 0 aromatic heterocycles. The highest BCUT2D eigenvalue weighted by atomic mass is 16.6. The van der Waals surface area contributed by atoms with Crippen molar-refractivity contribution in [1.82, 2.24) is 0 Å². The van der Waals surface area contributed by atoms with Crippen LogP contribution in [0.2, 0.25) is 0 Å². The average molecular weight is 172 g/mol. The molecule has 1 fully saturated rings. The van der Waals surface area contributed by atoms with E-state index >= 15 is 0 Å². The Morgan fingerprint density at radius 3 is 2.58 bits per heavy atom. The summed E-state index contributed by atoms with van der Waals surface area (Å²) in [5.41, 5.74) is 0. The number of aliphatic hydroxyl groups is 1. The Morgan fingerprint density at radius 1 is 1.33 bits per heavy atom. The predicted molar refractivity (Wildman–Crippen MR) is 48.7 cm³/mol. The highest BCUT2D eigenvalue weighted by Gasteiger charge is 2.24. The van der Waals surface area contributed by atoms with E-state index in [-0.39, 0.29) is 6.10 Å². The molecule has 1 aliphatic rings. The Kier molecular flexibility index (Phi) is 3.53. The van der Waals surface area contributed by atoms with Crippen molar-refractivity contribution in [3.63, 3.8) is 0 Å². The predicted octanol–water partition coefficient (Wildman–Crippen LogP) is 2.17. The van der Waals surface area contributed by atoms with Gasteiger partial charge in [-0.2, -0.15) is 0 Å². The molecule has 0 aromatic rings. The van der Waals surface area contributed by atoms with Crippen LogP contribution in [0.25, 0.3) is 0 Å². The third kappa shape index (κ3) is 2.76. The first-order valence-corrected chi connectivity index (χ1v) is 4.93. The number of hydrogen-bond acceptors (Lipinski definition) is 2. The van der Waals surface area contributed by atoms with Gasteiger partial charge in [0.1, 0.15) is 0 Å². The van der Waals surface area contributed by atoms with Gasteiger partial charge in [-0.05, 0) is 24.7 Å². The maximum atomic E-state index is 9.46. The molecule has 2 nitrogen and oxygen atoms in total. The molecule has 0 spiro atoms. The molecule has 1 aliphatic heterocycles. The van der Waals surface area contributed by atoms with Gasteiger partial charge in [0.25, 0.3) is 0 Å². The molecule has 1 N–H and O–H groups in total. The number of ether oxygens (including phenoxy) is 1. The summed E-state index contributed by atoms with van der Waals surface area (Å²) in [6.45, 7) is 6.47. The third-order valence-corrected chi connectivity index (χ3v) is 2.62. The van der Waals surface area contributed by atoms with Crippen molar-refractivity contribution < 1.29 is 9.84 Å². The number of rotatable bonds is 1. The van der Waals surface area contributed by atoms with Crippen LogP contribution in [0, 0.1) is 11.8 Å². The lowest BCUT2D eigenvalue weighted by Crippen LogP contribution is -2.24. The zero-order chi connectivity index (χ0) is 9.14. The number of aliphatic hydroxyl groups excluding tert-OH is 1. The highest BCUT2D eigenvalue weighted by Crippen LogP contribution is 2.25. The van der Waals surface area contributed by atoms with Gasteiger partial charge in [0.15, 0.2) is 6.29 Å². The van der Waals surface area contributed by atoms with E-state index in [1.54, 1.807) is 0 Å². The third-order valence-electron chi connectivity index (χ3n) is 2.62. The first-order chi connectivity index (χ1) is 5.59. The van der Waals surface area contributed by atoms with Gasteiger partial charge in [0, 0.05) is 6.42 Å². The second-order valence-electron chi connectivity index (χ2n) is 4.29. The lowest BCUT2D eigenvalue weighted by molar-refractivity contribution is -0.146. The summed E-state index contributed by atoms with van der Waals surface area (Å²) in [7, 11) is 0. The van der Waals surface area contributed by atoms with Crippen LogP contribution in [0.15, 0.2) is 0 Å². The zero-order valence-corrected chi connectivity index (χ0v) is 8.29. The van der Waals surface area contributed by atoms with E-state index in [2.05, 4.69) is 20.8 Å². The average Bonchev–Trinajstić information content (AvgIpc) is 2.11. The van der Waals surface area contributed by atoms with Gasteiger partial charge in [-0.25, -0.2) is 0 Å². The van der Waals surface area contributed by atoms with Crippen molar-refractivity contribution >= 4 is 0 Å². The molecule has 0 bridgehead atoms. The molecule has 2 heteroatoms. The summed E-state index contributed by atoms with van der Waals surface area (Å²) in [6, 6.07) is 0. The summed E-state index contributed by atoms with van der Waals surface area (Å²) in [5, 5.41) is 9.46. The first-order valence-electron chi connectivity index (χ1n) is 4.93. The Balaban J connectivity index is 2.46. The Bertz CT molecular complexity index is 134. The van der Waals surface area contributed by atoms with Crippen LogP contribution in [0.3, 0.4) is 0 Å². The monoisotopic (exact) mass is 172 g/mol. The van der Waals surface area contributed by atoms with Gasteiger partial charge in [0.2, 0.25) is 0 Å². The lowest BCUT2D eigenvalue weighted by Gasteiger charge is -2.21. The maximum Gasteiger partial charge on any atom is 0.155 e. The molecule has 3 atom stereocenters. The van der Waals surface area contributed by atoms with Crippen molar-refractivity contribution in [3.05, 3.63) is 0 Å². The van der Waals surface area contributed by atoms with Gasteiger partial charge in [-0.1, -0.05) is 20.8 Å². The van der Waals surface area contributed by atoms with E-state index in [4.69, 9.17) is 4.74 Å². The fourth-order valence-corrected chi connectivity index (χ4v) is 1.73. The van der Waals surface area contributed by atoms with Crippen LogP contribution in [-0.4, -0.2) is 17.5 Å². The smallest absolute Gasteiger partial charge is 0.155 e. The van der Waals surface area contributed by atoms with E-state index in [1.807, 2.05) is 0 Å². The van der Waals surface area contributed by atoms with Crippen molar-refractivity contribution in [2.75, 3.05) is 0 Å². The van der Waals surface area contributed by atoms with Gasteiger partial charge < -0.3 is 9.84 Å². The minimum Gasteiger partial charge on any atom is -0.368 e. The van der Waals surface area contributed by atoms with E-state index in [9.17, 15) is 5.11 Å². The largest absolute Gasteiger partial charge is 0.368 e. The van der Waals surface area contributed by atoms with Crippen molar-refractivity contribution in [1.29, 1.82) is 0 Å². The van der Waals surface area contributed by atoms with E-state index in [1.165, 1.54) is 6.42 Å². The highest BCUT2D eigenvalue weighted by molar-refractivity contribution is 4.70. The standard InChI is InChI=1S/C10H20O2/c1-7(2)9-5-4-8(3)6-10(11)12-9/h7-11H,4-6H2,1-3H3/t8-,9+,10?/m1/s1. The quantitative estimate of drug-likeness (QED) is 0.657. The first kappa shape index (κ1) is 10.0.